The van der Waals surface area contributed by atoms with Gasteiger partial charge in [-0.25, -0.2) is 9.37 Å². The maximum Gasteiger partial charge on any atom is 0.257 e. The molecule has 0 bridgehead atoms. The molecule has 32 heavy (non-hydrogen) atoms. The van der Waals surface area contributed by atoms with E-state index >= 15 is 0 Å². The third-order valence-electron chi connectivity index (χ3n) is 6.29. The SMILES string of the molecule is CCN1CCC(Nc2ccc3c(c2)/C(=C(\c2ccc(F)cc2)c2ncc[nH]2)C(=O)N3)CC1. The van der Waals surface area contributed by atoms with Crippen LogP contribution in [0.1, 0.15) is 36.7 Å². The predicted octanol–water partition coefficient (Wildman–Crippen LogP) is 4.36. The first-order valence-electron chi connectivity index (χ1n) is 11.1. The van der Waals surface area contributed by atoms with Crippen molar-refractivity contribution in [3.05, 3.63) is 77.6 Å². The summed E-state index contributed by atoms with van der Waals surface area (Å²) in [6, 6.07) is 12.5. The van der Waals surface area contributed by atoms with Gasteiger partial charge in [-0.1, -0.05) is 19.1 Å². The summed E-state index contributed by atoms with van der Waals surface area (Å²) in [6.07, 6.45) is 5.55. The second-order valence-electron chi connectivity index (χ2n) is 8.26. The highest BCUT2D eigenvalue weighted by Crippen LogP contribution is 2.40. The second kappa shape index (κ2) is 8.59. The van der Waals surface area contributed by atoms with Gasteiger partial charge in [-0.15, -0.1) is 0 Å². The molecule has 164 valence electrons. The number of H-pyrrole nitrogens is 1. The molecule has 0 saturated carbocycles. The molecule has 0 spiro atoms. The van der Waals surface area contributed by atoms with Crippen molar-refractivity contribution in [2.24, 2.45) is 0 Å². The van der Waals surface area contributed by atoms with E-state index in [0.29, 0.717) is 23.0 Å². The number of aromatic amines is 1. The summed E-state index contributed by atoms with van der Waals surface area (Å²) >= 11 is 0. The number of hydrogen-bond donors (Lipinski definition) is 3. The molecule has 7 heteroatoms. The number of carbonyl (C=O) groups is 1. The number of halogens is 1. The van der Waals surface area contributed by atoms with Crippen LogP contribution in [0.15, 0.2) is 54.9 Å². The first-order valence-corrected chi connectivity index (χ1v) is 11.1. The molecule has 2 aliphatic heterocycles. The number of nitrogens with one attached hydrogen (secondary N) is 3. The van der Waals surface area contributed by atoms with E-state index in [2.05, 4.69) is 32.4 Å². The van der Waals surface area contributed by atoms with Crippen LogP contribution in [0.5, 0.6) is 0 Å². The van der Waals surface area contributed by atoms with E-state index < -0.39 is 0 Å². The monoisotopic (exact) mass is 431 g/mol. The quantitative estimate of drug-likeness (QED) is 0.525. The number of aromatic nitrogens is 2. The summed E-state index contributed by atoms with van der Waals surface area (Å²) < 4.78 is 13.6. The van der Waals surface area contributed by atoms with E-state index in [1.807, 2.05) is 18.2 Å². The Morgan fingerprint density at radius 1 is 1.19 bits per heavy atom. The van der Waals surface area contributed by atoms with Crippen LogP contribution in [-0.2, 0) is 4.79 Å². The van der Waals surface area contributed by atoms with Crippen LogP contribution < -0.4 is 10.6 Å². The van der Waals surface area contributed by atoms with Gasteiger partial charge in [0.1, 0.15) is 11.6 Å². The highest BCUT2D eigenvalue weighted by atomic mass is 19.1. The summed E-state index contributed by atoms with van der Waals surface area (Å²) in [5, 5.41) is 6.62. The minimum Gasteiger partial charge on any atom is -0.382 e. The Kier molecular flexibility index (Phi) is 5.49. The summed E-state index contributed by atoms with van der Waals surface area (Å²) in [7, 11) is 0. The van der Waals surface area contributed by atoms with Crippen molar-refractivity contribution in [1.82, 2.24) is 14.9 Å². The highest BCUT2D eigenvalue weighted by Gasteiger charge is 2.30. The van der Waals surface area contributed by atoms with Crippen molar-refractivity contribution in [3.63, 3.8) is 0 Å². The Labute approximate surface area is 186 Å². The normalized spacial score (nSPS) is 18.4. The number of piperidine rings is 1. The minimum absolute atomic E-state index is 0.191. The molecule has 0 radical (unpaired) electrons. The van der Waals surface area contributed by atoms with Crippen molar-refractivity contribution in [3.8, 4) is 0 Å². The molecule has 3 N–H and O–H groups in total. The molecular formula is C25H26FN5O. The number of rotatable bonds is 5. The number of hydrogen-bond acceptors (Lipinski definition) is 4. The van der Waals surface area contributed by atoms with E-state index in [1.54, 1.807) is 24.5 Å². The van der Waals surface area contributed by atoms with Gasteiger partial charge in [-0.05, 0) is 55.3 Å². The number of carbonyl (C=O) groups excluding carboxylic acids is 1. The Morgan fingerprint density at radius 3 is 2.66 bits per heavy atom. The fraction of sp³-hybridized carbons (Fsp3) is 0.280. The number of benzene rings is 2. The van der Waals surface area contributed by atoms with Crippen LogP contribution >= 0.6 is 0 Å². The molecule has 0 atom stereocenters. The zero-order valence-corrected chi connectivity index (χ0v) is 18.0. The molecule has 2 aliphatic rings. The fourth-order valence-corrected chi connectivity index (χ4v) is 4.55. The Bertz CT molecular complexity index is 1150. The molecular weight excluding hydrogens is 405 g/mol. The zero-order chi connectivity index (χ0) is 22.1. The average molecular weight is 432 g/mol. The molecule has 1 amide bonds. The van der Waals surface area contributed by atoms with Crippen molar-refractivity contribution < 1.29 is 9.18 Å². The predicted molar refractivity (Wildman–Crippen MR) is 125 cm³/mol. The number of imidazole rings is 1. The van der Waals surface area contributed by atoms with Crippen LogP contribution in [0.2, 0.25) is 0 Å². The maximum absolute atomic E-state index is 13.6. The zero-order valence-electron chi connectivity index (χ0n) is 18.0. The van der Waals surface area contributed by atoms with Crippen molar-refractivity contribution in [2.45, 2.75) is 25.8 Å². The van der Waals surface area contributed by atoms with E-state index in [0.717, 1.165) is 55.0 Å². The van der Waals surface area contributed by atoms with Crippen LogP contribution in [0.3, 0.4) is 0 Å². The molecule has 0 aliphatic carbocycles. The molecule has 1 aromatic heterocycles. The summed E-state index contributed by atoms with van der Waals surface area (Å²) in [5.41, 5.74) is 4.49. The van der Waals surface area contributed by atoms with Gasteiger partial charge in [-0.3, -0.25) is 4.79 Å². The van der Waals surface area contributed by atoms with Gasteiger partial charge >= 0.3 is 0 Å². The van der Waals surface area contributed by atoms with Gasteiger partial charge in [-0.2, -0.15) is 0 Å². The first-order chi connectivity index (χ1) is 15.6. The lowest BCUT2D eigenvalue weighted by Crippen LogP contribution is -2.38. The molecule has 3 heterocycles. The number of amides is 1. The minimum atomic E-state index is -0.325. The van der Waals surface area contributed by atoms with Crippen LogP contribution in [0, 0.1) is 5.82 Å². The van der Waals surface area contributed by atoms with E-state index in [-0.39, 0.29) is 11.7 Å². The smallest absolute Gasteiger partial charge is 0.257 e. The lowest BCUT2D eigenvalue weighted by Gasteiger charge is -2.32. The van der Waals surface area contributed by atoms with Gasteiger partial charge in [0.05, 0.1) is 5.57 Å². The van der Waals surface area contributed by atoms with Gasteiger partial charge < -0.3 is 20.5 Å². The van der Waals surface area contributed by atoms with Gasteiger partial charge in [0, 0.05) is 54.0 Å². The average Bonchev–Trinajstić information content (AvgIpc) is 3.44. The largest absolute Gasteiger partial charge is 0.382 e. The van der Waals surface area contributed by atoms with Gasteiger partial charge in [0.15, 0.2) is 0 Å². The lowest BCUT2D eigenvalue weighted by atomic mass is 9.94. The molecule has 5 rings (SSSR count). The summed E-state index contributed by atoms with van der Waals surface area (Å²) in [6.45, 7) is 5.48. The van der Waals surface area contributed by atoms with Crippen LogP contribution in [0.4, 0.5) is 15.8 Å². The lowest BCUT2D eigenvalue weighted by molar-refractivity contribution is -0.110. The van der Waals surface area contributed by atoms with Crippen LogP contribution in [0.25, 0.3) is 11.1 Å². The number of nitrogens with zero attached hydrogens (tertiary/aromatic N) is 2. The fourth-order valence-electron chi connectivity index (χ4n) is 4.55. The molecule has 0 unspecified atom stereocenters. The van der Waals surface area contributed by atoms with Crippen molar-refractivity contribution in [1.29, 1.82) is 0 Å². The Balaban J connectivity index is 1.54. The standard InChI is InChI=1S/C25H26FN5O/c1-2-31-13-9-18(10-14-31)29-19-7-8-21-20(15-19)23(25(32)30-21)22(24-27-11-12-28-24)16-3-5-17(26)6-4-16/h3-8,11-12,15,18,29H,2,9-10,13-14H2,1H3,(H,27,28)(H,30,32)/b23-22-. The number of anilines is 2. The van der Waals surface area contributed by atoms with Crippen LogP contribution in [-0.4, -0.2) is 46.5 Å². The third kappa shape index (κ3) is 3.91. The van der Waals surface area contributed by atoms with Crippen molar-refractivity contribution >= 4 is 28.4 Å². The van der Waals surface area contributed by atoms with E-state index in [9.17, 15) is 9.18 Å². The highest BCUT2D eigenvalue weighted by molar-refractivity contribution is 6.38. The first kappa shape index (κ1) is 20.5. The molecule has 6 nitrogen and oxygen atoms in total. The van der Waals surface area contributed by atoms with Gasteiger partial charge in [0.25, 0.3) is 5.91 Å². The number of fused-ring (bicyclic) bond motifs is 1. The van der Waals surface area contributed by atoms with E-state index in [1.165, 1.54) is 12.1 Å². The maximum atomic E-state index is 13.6. The summed E-state index contributed by atoms with van der Waals surface area (Å²) in [4.78, 5) is 23.0. The second-order valence-corrected chi connectivity index (χ2v) is 8.26. The van der Waals surface area contributed by atoms with E-state index in [4.69, 9.17) is 0 Å². The Hall–Kier alpha value is -3.45. The summed E-state index contributed by atoms with van der Waals surface area (Å²) in [5.74, 6) is 0.0541. The number of likely N-dealkylation sites (tertiary alicyclic amines) is 1. The topological polar surface area (TPSA) is 73.0 Å². The molecule has 1 fully saturated rings. The molecule has 1 saturated heterocycles. The molecule has 2 aromatic carbocycles. The van der Waals surface area contributed by atoms with Crippen molar-refractivity contribution in [2.75, 3.05) is 30.3 Å². The van der Waals surface area contributed by atoms with Gasteiger partial charge in [0.2, 0.25) is 0 Å². The Morgan fingerprint density at radius 2 is 1.97 bits per heavy atom. The third-order valence-corrected chi connectivity index (χ3v) is 6.29. The molecule has 3 aromatic rings.